The largest absolute Gasteiger partial charge is 0.307 e. The molecule has 5 rings (SSSR count). The zero-order chi connectivity index (χ0) is 13.7. The van der Waals surface area contributed by atoms with Gasteiger partial charge in [0, 0.05) is 12.1 Å². The molecule has 0 heterocycles. The molecule has 0 saturated heterocycles. The number of halogens is 1. The van der Waals surface area contributed by atoms with Gasteiger partial charge in [0.05, 0.1) is 0 Å². The summed E-state index contributed by atoms with van der Waals surface area (Å²) in [4.78, 5) is 0. The first-order valence-corrected chi connectivity index (χ1v) is 8.12. The highest BCUT2D eigenvalue weighted by Gasteiger charge is 2.50. The van der Waals surface area contributed by atoms with Gasteiger partial charge in [-0.3, -0.25) is 0 Å². The Bertz CT molecular complexity index is 487. The number of hydrogen-bond donors (Lipinski definition) is 1. The molecule has 0 spiro atoms. The van der Waals surface area contributed by atoms with Gasteiger partial charge in [-0.15, -0.1) is 0 Å². The maximum Gasteiger partial charge on any atom is 0.123 e. The SMILES string of the molecule is Cc1ccc(F)cc1CNC12CC3CC(CC(C3)C1)C2. The predicted molar refractivity (Wildman–Crippen MR) is 78.9 cm³/mol. The standard InChI is InChI=1S/C18H24FN/c1-12-2-3-17(19)7-16(12)11-20-18-8-13-4-14(9-18)6-15(5-13)10-18/h2-3,7,13-15,20H,4-6,8-11H2,1H3. The van der Waals surface area contributed by atoms with E-state index in [1.165, 1.54) is 44.1 Å². The maximum atomic E-state index is 13.4. The smallest absolute Gasteiger partial charge is 0.123 e. The Morgan fingerprint density at radius 1 is 1.10 bits per heavy atom. The van der Waals surface area contributed by atoms with Crippen LogP contribution in [0.2, 0.25) is 0 Å². The van der Waals surface area contributed by atoms with Gasteiger partial charge in [-0.1, -0.05) is 6.07 Å². The van der Waals surface area contributed by atoms with Gasteiger partial charge in [0.2, 0.25) is 0 Å². The van der Waals surface area contributed by atoms with Crippen molar-refractivity contribution in [2.75, 3.05) is 0 Å². The average molecular weight is 273 g/mol. The zero-order valence-corrected chi connectivity index (χ0v) is 12.3. The van der Waals surface area contributed by atoms with E-state index in [0.717, 1.165) is 29.9 Å². The van der Waals surface area contributed by atoms with Crippen LogP contribution in [0.3, 0.4) is 0 Å². The van der Waals surface area contributed by atoms with E-state index in [9.17, 15) is 4.39 Å². The van der Waals surface area contributed by atoms with E-state index >= 15 is 0 Å². The molecule has 0 amide bonds. The zero-order valence-electron chi connectivity index (χ0n) is 12.3. The Morgan fingerprint density at radius 2 is 1.70 bits per heavy atom. The van der Waals surface area contributed by atoms with Gasteiger partial charge < -0.3 is 5.32 Å². The van der Waals surface area contributed by atoms with E-state index in [1.807, 2.05) is 6.07 Å². The number of benzene rings is 1. The molecule has 0 aliphatic heterocycles. The number of aryl methyl sites for hydroxylation is 1. The second-order valence-corrected chi connectivity index (χ2v) is 7.62. The summed E-state index contributed by atoms with van der Waals surface area (Å²) in [7, 11) is 0. The van der Waals surface area contributed by atoms with E-state index in [2.05, 4.69) is 12.2 Å². The fourth-order valence-corrected chi connectivity index (χ4v) is 5.44. The third-order valence-electron chi connectivity index (χ3n) is 6.00. The summed E-state index contributed by atoms with van der Waals surface area (Å²) in [6.45, 7) is 2.91. The lowest BCUT2D eigenvalue weighted by molar-refractivity contribution is -0.0206. The Kier molecular flexibility index (Phi) is 2.92. The molecule has 4 saturated carbocycles. The molecule has 1 nitrogen and oxygen atoms in total. The molecule has 1 aromatic rings. The molecule has 20 heavy (non-hydrogen) atoms. The second-order valence-electron chi connectivity index (χ2n) is 7.62. The molecule has 1 N–H and O–H groups in total. The van der Waals surface area contributed by atoms with Gasteiger partial charge in [0.15, 0.2) is 0 Å². The highest BCUT2D eigenvalue weighted by atomic mass is 19.1. The third-order valence-corrected chi connectivity index (χ3v) is 6.00. The van der Waals surface area contributed by atoms with Crippen LogP contribution in [0.1, 0.15) is 49.7 Å². The lowest BCUT2D eigenvalue weighted by atomic mass is 9.53. The maximum absolute atomic E-state index is 13.4. The molecule has 2 heteroatoms. The highest BCUT2D eigenvalue weighted by molar-refractivity contribution is 5.26. The van der Waals surface area contributed by atoms with Crippen LogP contribution in [0.4, 0.5) is 4.39 Å². The van der Waals surface area contributed by atoms with E-state index in [4.69, 9.17) is 0 Å². The van der Waals surface area contributed by atoms with Crippen LogP contribution in [0.5, 0.6) is 0 Å². The molecular weight excluding hydrogens is 249 g/mol. The van der Waals surface area contributed by atoms with Crippen molar-refractivity contribution in [3.63, 3.8) is 0 Å². The topological polar surface area (TPSA) is 12.0 Å². The molecule has 108 valence electrons. The van der Waals surface area contributed by atoms with Crippen LogP contribution in [0.15, 0.2) is 18.2 Å². The first kappa shape index (κ1) is 12.8. The first-order valence-electron chi connectivity index (χ1n) is 8.12. The van der Waals surface area contributed by atoms with Crippen LogP contribution >= 0.6 is 0 Å². The van der Waals surface area contributed by atoms with Crippen molar-refractivity contribution in [3.05, 3.63) is 35.1 Å². The summed E-state index contributed by atoms with van der Waals surface area (Å²) in [6.07, 6.45) is 8.48. The highest BCUT2D eigenvalue weighted by Crippen LogP contribution is 2.55. The van der Waals surface area contributed by atoms with Crippen LogP contribution in [0.25, 0.3) is 0 Å². The molecular formula is C18H24FN. The van der Waals surface area contributed by atoms with Gasteiger partial charge in [0.25, 0.3) is 0 Å². The molecule has 0 atom stereocenters. The number of nitrogens with one attached hydrogen (secondary N) is 1. The van der Waals surface area contributed by atoms with Crippen molar-refractivity contribution in [2.24, 2.45) is 17.8 Å². The minimum atomic E-state index is -0.113. The minimum absolute atomic E-state index is 0.113. The normalized spacial score (nSPS) is 38.4. The summed E-state index contributed by atoms with van der Waals surface area (Å²) in [5.41, 5.74) is 2.69. The summed E-state index contributed by atoms with van der Waals surface area (Å²) < 4.78 is 13.4. The molecule has 0 unspecified atom stereocenters. The summed E-state index contributed by atoms with van der Waals surface area (Å²) in [5.74, 6) is 2.77. The molecule has 4 aliphatic carbocycles. The van der Waals surface area contributed by atoms with Crippen LogP contribution in [-0.4, -0.2) is 5.54 Å². The second kappa shape index (κ2) is 4.56. The number of rotatable bonds is 3. The van der Waals surface area contributed by atoms with Crippen LogP contribution < -0.4 is 5.32 Å². The Balaban J connectivity index is 1.50. The lowest BCUT2D eigenvalue weighted by Gasteiger charge is -2.57. The van der Waals surface area contributed by atoms with Gasteiger partial charge in [-0.05, 0) is 86.5 Å². The van der Waals surface area contributed by atoms with Crippen LogP contribution in [-0.2, 0) is 6.54 Å². The molecule has 1 aromatic carbocycles. The van der Waals surface area contributed by atoms with Crippen molar-refractivity contribution in [1.82, 2.24) is 5.32 Å². The Hall–Kier alpha value is -0.890. The monoisotopic (exact) mass is 273 g/mol. The summed E-state index contributed by atoms with van der Waals surface area (Å²) >= 11 is 0. The Labute approximate surface area is 121 Å². The minimum Gasteiger partial charge on any atom is -0.307 e. The fraction of sp³-hybridized carbons (Fsp3) is 0.667. The molecule has 4 bridgehead atoms. The van der Waals surface area contributed by atoms with Gasteiger partial charge in [0.1, 0.15) is 5.82 Å². The predicted octanol–water partition coefficient (Wildman–Crippen LogP) is 4.19. The first-order chi connectivity index (χ1) is 9.62. The van der Waals surface area contributed by atoms with Crippen molar-refractivity contribution >= 4 is 0 Å². The fourth-order valence-electron chi connectivity index (χ4n) is 5.44. The molecule has 4 fully saturated rings. The third kappa shape index (κ3) is 2.18. The van der Waals surface area contributed by atoms with Gasteiger partial charge in [-0.2, -0.15) is 0 Å². The van der Waals surface area contributed by atoms with Crippen molar-refractivity contribution in [1.29, 1.82) is 0 Å². The quantitative estimate of drug-likeness (QED) is 0.870. The lowest BCUT2D eigenvalue weighted by Crippen LogP contribution is -2.58. The van der Waals surface area contributed by atoms with E-state index in [1.54, 1.807) is 12.1 Å². The average Bonchev–Trinajstić information content (AvgIpc) is 2.38. The van der Waals surface area contributed by atoms with E-state index in [0.29, 0.717) is 5.54 Å². The van der Waals surface area contributed by atoms with Crippen molar-refractivity contribution in [2.45, 2.75) is 57.5 Å². The summed E-state index contributed by atoms with van der Waals surface area (Å²) in [6, 6.07) is 5.15. The van der Waals surface area contributed by atoms with Gasteiger partial charge >= 0.3 is 0 Å². The Morgan fingerprint density at radius 3 is 2.30 bits per heavy atom. The van der Waals surface area contributed by atoms with E-state index < -0.39 is 0 Å². The molecule has 4 aliphatic rings. The number of hydrogen-bond acceptors (Lipinski definition) is 1. The molecule has 0 aromatic heterocycles. The van der Waals surface area contributed by atoms with E-state index in [-0.39, 0.29) is 5.82 Å². The van der Waals surface area contributed by atoms with Crippen LogP contribution in [0, 0.1) is 30.5 Å². The summed E-state index contributed by atoms with van der Waals surface area (Å²) in [5, 5.41) is 3.84. The molecule has 0 radical (unpaired) electrons. The van der Waals surface area contributed by atoms with Crippen molar-refractivity contribution in [3.8, 4) is 0 Å². The van der Waals surface area contributed by atoms with Crippen molar-refractivity contribution < 1.29 is 4.39 Å². The van der Waals surface area contributed by atoms with Gasteiger partial charge in [-0.25, -0.2) is 4.39 Å².